The number of nitrogens with one attached hydrogen (secondary N) is 1. The van der Waals surface area contributed by atoms with E-state index in [-0.39, 0.29) is 0 Å². The van der Waals surface area contributed by atoms with Crippen molar-refractivity contribution in [2.45, 2.75) is 25.7 Å². The topological polar surface area (TPSA) is 48.7 Å². The smallest absolute Gasteiger partial charge is 0.148 e. The fourth-order valence-corrected chi connectivity index (χ4v) is 2.87. The van der Waals surface area contributed by atoms with Crippen LogP contribution in [-0.4, -0.2) is 4.98 Å². The molecule has 0 aliphatic heterocycles. The molecule has 0 saturated heterocycles. The van der Waals surface area contributed by atoms with Gasteiger partial charge in [0, 0.05) is 11.1 Å². The van der Waals surface area contributed by atoms with E-state index < -0.39 is 0 Å². The van der Waals surface area contributed by atoms with E-state index in [0.29, 0.717) is 11.4 Å². The van der Waals surface area contributed by atoms with E-state index in [4.69, 9.17) is 0 Å². The van der Waals surface area contributed by atoms with Crippen molar-refractivity contribution in [3.05, 3.63) is 39.7 Å². The molecular weight excluding hydrogens is 242 g/mol. The minimum Gasteiger partial charge on any atom is -0.338 e. The Labute approximate surface area is 110 Å². The van der Waals surface area contributed by atoms with Crippen molar-refractivity contribution in [3.63, 3.8) is 0 Å². The second-order valence-corrected chi connectivity index (χ2v) is 5.23. The number of thiophene rings is 1. The Balaban J connectivity index is 2.00. The Kier molecular flexibility index (Phi) is 2.99. The molecule has 0 atom stereocenters. The quantitative estimate of drug-likeness (QED) is 0.891. The molecule has 3 rings (SSSR count). The summed E-state index contributed by atoms with van der Waals surface area (Å²) in [6.45, 7) is 0. The van der Waals surface area contributed by atoms with E-state index in [1.807, 2.05) is 22.9 Å². The van der Waals surface area contributed by atoms with Crippen molar-refractivity contribution in [2.24, 2.45) is 0 Å². The molecule has 0 bridgehead atoms. The lowest BCUT2D eigenvalue weighted by Gasteiger charge is -2.17. The van der Waals surface area contributed by atoms with Crippen LogP contribution in [0.15, 0.2) is 22.9 Å². The van der Waals surface area contributed by atoms with Crippen molar-refractivity contribution >= 4 is 22.8 Å². The van der Waals surface area contributed by atoms with Crippen LogP contribution in [-0.2, 0) is 12.8 Å². The summed E-state index contributed by atoms with van der Waals surface area (Å²) in [6, 6.07) is 6.23. The van der Waals surface area contributed by atoms with Gasteiger partial charge in [0.1, 0.15) is 11.9 Å². The molecule has 90 valence electrons. The van der Waals surface area contributed by atoms with Crippen LogP contribution in [0.4, 0.5) is 11.5 Å². The van der Waals surface area contributed by atoms with Gasteiger partial charge in [-0.1, -0.05) is 0 Å². The van der Waals surface area contributed by atoms with E-state index in [9.17, 15) is 5.26 Å². The minimum atomic E-state index is 0.641. The summed E-state index contributed by atoms with van der Waals surface area (Å²) in [5.41, 5.74) is 4.04. The van der Waals surface area contributed by atoms with Gasteiger partial charge in [0.2, 0.25) is 0 Å². The van der Waals surface area contributed by atoms with Gasteiger partial charge in [-0.25, -0.2) is 4.98 Å². The number of anilines is 2. The maximum Gasteiger partial charge on any atom is 0.148 e. The monoisotopic (exact) mass is 255 g/mol. The van der Waals surface area contributed by atoms with Gasteiger partial charge in [-0.3, -0.25) is 0 Å². The number of aryl methyl sites for hydroxylation is 2. The number of hydrogen-bond acceptors (Lipinski definition) is 4. The first-order valence-electron chi connectivity index (χ1n) is 6.09. The van der Waals surface area contributed by atoms with Crippen LogP contribution in [0.25, 0.3) is 0 Å². The summed E-state index contributed by atoms with van der Waals surface area (Å²) in [5.74, 6) is 0.691. The molecule has 0 radical (unpaired) electrons. The predicted octanol–water partition coefficient (Wildman–Crippen LogP) is 3.64. The van der Waals surface area contributed by atoms with E-state index in [0.717, 1.165) is 24.2 Å². The molecule has 0 spiro atoms. The van der Waals surface area contributed by atoms with Gasteiger partial charge >= 0.3 is 0 Å². The lowest BCUT2D eigenvalue weighted by molar-refractivity contribution is 0.668. The molecule has 4 heteroatoms. The lowest BCUT2D eigenvalue weighted by atomic mass is 9.95. The molecular formula is C14H13N3S. The fourth-order valence-electron chi connectivity index (χ4n) is 2.29. The molecule has 2 heterocycles. The number of pyridine rings is 1. The zero-order valence-corrected chi connectivity index (χ0v) is 10.8. The van der Waals surface area contributed by atoms with Crippen LogP contribution in [0.2, 0.25) is 0 Å². The molecule has 3 nitrogen and oxygen atoms in total. The number of rotatable bonds is 2. The highest BCUT2D eigenvalue weighted by Gasteiger charge is 2.15. The molecule has 0 saturated carbocycles. The molecule has 1 aliphatic rings. The Morgan fingerprint density at radius 3 is 3.00 bits per heavy atom. The van der Waals surface area contributed by atoms with Gasteiger partial charge in [0.15, 0.2) is 0 Å². The van der Waals surface area contributed by atoms with Gasteiger partial charge < -0.3 is 5.32 Å². The maximum absolute atomic E-state index is 9.22. The summed E-state index contributed by atoms with van der Waals surface area (Å²) >= 11 is 1.63. The summed E-state index contributed by atoms with van der Waals surface area (Å²) in [5, 5.41) is 16.5. The number of hydrogen-bond donors (Lipinski definition) is 1. The first-order valence-corrected chi connectivity index (χ1v) is 7.03. The first kappa shape index (κ1) is 11.2. The third kappa shape index (κ3) is 2.09. The van der Waals surface area contributed by atoms with Crippen molar-refractivity contribution < 1.29 is 0 Å². The van der Waals surface area contributed by atoms with Crippen LogP contribution in [0.5, 0.6) is 0 Å². The molecule has 2 aromatic rings. The van der Waals surface area contributed by atoms with Crippen LogP contribution in [0.1, 0.15) is 29.7 Å². The van der Waals surface area contributed by atoms with Crippen LogP contribution in [0, 0.1) is 11.3 Å². The molecule has 2 aromatic heterocycles. The van der Waals surface area contributed by atoms with Crippen molar-refractivity contribution in [1.29, 1.82) is 5.26 Å². The highest BCUT2D eigenvalue weighted by Crippen LogP contribution is 2.26. The SMILES string of the molecule is N#Cc1cc2c(nc1Nc1ccsc1)CCCC2. The van der Waals surface area contributed by atoms with Gasteiger partial charge in [0.05, 0.1) is 11.3 Å². The van der Waals surface area contributed by atoms with Crippen molar-refractivity contribution in [3.8, 4) is 6.07 Å². The standard InChI is InChI=1S/C14H13N3S/c15-8-11-7-10-3-1-2-4-13(10)17-14(11)16-12-5-6-18-9-12/h5-7,9H,1-4H2,(H,16,17). The fraction of sp³-hybridized carbons (Fsp3) is 0.286. The highest BCUT2D eigenvalue weighted by molar-refractivity contribution is 7.08. The zero-order valence-electron chi connectivity index (χ0n) is 9.94. The molecule has 0 fully saturated rings. The summed E-state index contributed by atoms with van der Waals surface area (Å²) in [7, 11) is 0. The number of fused-ring (bicyclic) bond motifs is 1. The van der Waals surface area contributed by atoms with Gasteiger partial charge in [-0.15, -0.1) is 0 Å². The molecule has 0 aromatic carbocycles. The average molecular weight is 255 g/mol. The molecule has 0 amide bonds. The van der Waals surface area contributed by atoms with Crippen LogP contribution >= 0.6 is 11.3 Å². The number of nitrogens with zero attached hydrogens (tertiary/aromatic N) is 2. The molecule has 1 aliphatic carbocycles. The summed E-state index contributed by atoms with van der Waals surface area (Å²) in [4.78, 5) is 4.63. The summed E-state index contributed by atoms with van der Waals surface area (Å²) in [6.07, 6.45) is 4.48. The minimum absolute atomic E-state index is 0.641. The van der Waals surface area contributed by atoms with Gasteiger partial charge in [-0.2, -0.15) is 16.6 Å². The van der Waals surface area contributed by atoms with Crippen LogP contribution in [0.3, 0.4) is 0 Å². The highest BCUT2D eigenvalue weighted by atomic mass is 32.1. The third-order valence-corrected chi connectivity index (χ3v) is 3.89. The normalized spacial score (nSPS) is 13.7. The molecule has 0 unspecified atom stereocenters. The molecule has 1 N–H and O–H groups in total. The third-order valence-electron chi connectivity index (χ3n) is 3.21. The average Bonchev–Trinajstić information content (AvgIpc) is 2.91. The van der Waals surface area contributed by atoms with E-state index in [1.165, 1.54) is 18.4 Å². The van der Waals surface area contributed by atoms with Crippen molar-refractivity contribution in [2.75, 3.05) is 5.32 Å². The maximum atomic E-state index is 9.22. The number of aromatic nitrogens is 1. The molecule has 18 heavy (non-hydrogen) atoms. The largest absolute Gasteiger partial charge is 0.338 e. The Hall–Kier alpha value is -1.86. The van der Waals surface area contributed by atoms with Gasteiger partial charge in [0.25, 0.3) is 0 Å². The Bertz CT molecular complexity index is 596. The first-order chi connectivity index (χ1) is 8.86. The Morgan fingerprint density at radius 1 is 1.33 bits per heavy atom. The van der Waals surface area contributed by atoms with Crippen LogP contribution < -0.4 is 5.32 Å². The second-order valence-electron chi connectivity index (χ2n) is 4.45. The lowest BCUT2D eigenvalue weighted by Crippen LogP contribution is -2.08. The second kappa shape index (κ2) is 4.79. The zero-order chi connectivity index (χ0) is 12.4. The van der Waals surface area contributed by atoms with E-state index in [1.54, 1.807) is 11.3 Å². The van der Waals surface area contributed by atoms with Gasteiger partial charge in [-0.05, 0) is 48.8 Å². The Morgan fingerprint density at radius 2 is 2.22 bits per heavy atom. The van der Waals surface area contributed by atoms with E-state index in [2.05, 4.69) is 16.4 Å². The number of nitriles is 1. The van der Waals surface area contributed by atoms with E-state index >= 15 is 0 Å². The predicted molar refractivity (Wildman–Crippen MR) is 73.2 cm³/mol. The van der Waals surface area contributed by atoms with Crippen molar-refractivity contribution in [1.82, 2.24) is 4.98 Å². The summed E-state index contributed by atoms with van der Waals surface area (Å²) < 4.78 is 0.